The zero-order valence-corrected chi connectivity index (χ0v) is 40.1. The van der Waals surface area contributed by atoms with E-state index < -0.39 is 0 Å². The second kappa shape index (κ2) is 13.4. The molecule has 324 valence electrons. The molecule has 0 N–H and O–H groups in total. The smallest absolute Gasteiger partial charge is 0.264 e. The van der Waals surface area contributed by atoms with Gasteiger partial charge in [0.2, 0.25) is 0 Å². The van der Waals surface area contributed by atoms with Gasteiger partial charge in [0.05, 0.1) is 22.2 Å². The van der Waals surface area contributed by atoms with E-state index in [1.807, 2.05) is 11.3 Å². The molecule has 0 saturated carbocycles. The third-order valence-corrected chi connectivity index (χ3v) is 17.3. The van der Waals surface area contributed by atoms with Crippen LogP contribution < -0.4 is 20.6 Å². The number of hydrogen-bond acceptors (Lipinski definition) is 2. The quantitative estimate of drug-likeness (QED) is 0.161. The summed E-state index contributed by atoms with van der Waals surface area (Å²) in [7, 11) is 0. The van der Waals surface area contributed by atoms with Gasteiger partial charge in [-0.3, -0.25) is 0 Å². The van der Waals surface area contributed by atoms with Crippen LogP contribution in [0.5, 0.6) is 0 Å². The molecule has 2 aliphatic heterocycles. The molecule has 0 saturated heterocycles. The molecular formula is C62H52BN3S. The second-order valence-electron chi connectivity index (χ2n) is 22.0. The van der Waals surface area contributed by atoms with Gasteiger partial charge >= 0.3 is 0 Å². The summed E-state index contributed by atoms with van der Waals surface area (Å²) in [5, 5.41) is 6.50. The highest BCUT2D eigenvalue weighted by molar-refractivity contribution is 7.33. The topological polar surface area (TPSA) is 13.1 Å². The minimum Gasteiger partial charge on any atom is -0.310 e. The van der Waals surface area contributed by atoms with E-state index in [-0.39, 0.29) is 23.0 Å². The number of thiophene rings is 1. The van der Waals surface area contributed by atoms with Crippen LogP contribution in [0.3, 0.4) is 0 Å². The minimum absolute atomic E-state index is 0.000406. The number of benzene rings is 8. The summed E-state index contributed by atoms with van der Waals surface area (Å²) in [4.78, 5) is 2.70. The van der Waals surface area contributed by atoms with Crippen molar-refractivity contribution < 1.29 is 0 Å². The van der Waals surface area contributed by atoms with Crippen molar-refractivity contribution in [3.63, 3.8) is 0 Å². The number of fused-ring (bicyclic) bond motifs is 14. The van der Waals surface area contributed by atoms with Crippen molar-refractivity contribution in [1.29, 1.82) is 0 Å². The van der Waals surface area contributed by atoms with Crippen LogP contribution in [0.4, 0.5) is 17.1 Å². The molecule has 3 nitrogen and oxygen atoms in total. The number of aromatic nitrogens is 2. The van der Waals surface area contributed by atoms with E-state index in [4.69, 9.17) is 0 Å². The van der Waals surface area contributed by atoms with Crippen molar-refractivity contribution in [1.82, 2.24) is 9.13 Å². The van der Waals surface area contributed by atoms with Gasteiger partial charge in [0.1, 0.15) is 0 Å². The highest BCUT2D eigenvalue weighted by Crippen LogP contribution is 2.52. The average molecular weight is 882 g/mol. The average Bonchev–Trinajstić information content (AvgIpc) is 4.00. The molecule has 11 aromatic rings. The molecule has 8 aromatic carbocycles. The van der Waals surface area contributed by atoms with E-state index in [2.05, 4.69) is 226 Å². The van der Waals surface area contributed by atoms with Crippen molar-refractivity contribution >= 4 is 105 Å². The van der Waals surface area contributed by atoms with Gasteiger partial charge in [0, 0.05) is 64.7 Å². The molecule has 0 unspecified atom stereocenters. The Kier molecular flexibility index (Phi) is 7.88. The fourth-order valence-electron chi connectivity index (χ4n) is 12.6. The summed E-state index contributed by atoms with van der Waals surface area (Å²) in [6.45, 7) is 16.9. The monoisotopic (exact) mass is 881 g/mol. The van der Waals surface area contributed by atoms with Crippen molar-refractivity contribution in [2.45, 2.75) is 77.6 Å². The van der Waals surface area contributed by atoms with E-state index in [0.717, 1.165) is 0 Å². The van der Waals surface area contributed by atoms with Gasteiger partial charge in [-0.05, 0) is 128 Å². The first-order valence-corrected chi connectivity index (χ1v) is 25.0. The zero-order valence-electron chi connectivity index (χ0n) is 39.3. The Morgan fingerprint density at radius 3 is 2.03 bits per heavy atom. The van der Waals surface area contributed by atoms with E-state index in [1.54, 1.807) is 0 Å². The maximum absolute atomic E-state index is 2.70. The molecule has 0 fully saturated rings. The minimum atomic E-state index is 0.000406. The molecular weight excluding hydrogens is 830 g/mol. The Hall–Kier alpha value is -6.82. The maximum atomic E-state index is 2.70. The largest absolute Gasteiger partial charge is 0.310 e. The molecule has 0 amide bonds. The molecule has 5 heteroatoms. The zero-order chi connectivity index (χ0) is 45.3. The summed E-state index contributed by atoms with van der Waals surface area (Å²) in [5.74, 6) is 0. The normalized spacial score (nSPS) is 15.7. The van der Waals surface area contributed by atoms with Crippen molar-refractivity contribution in [3.05, 3.63) is 180 Å². The first-order chi connectivity index (χ1) is 32.4. The van der Waals surface area contributed by atoms with Gasteiger partial charge < -0.3 is 14.0 Å². The molecule has 3 aromatic heterocycles. The molecule has 0 bridgehead atoms. The Morgan fingerprint density at radius 1 is 0.522 bits per heavy atom. The van der Waals surface area contributed by atoms with Crippen molar-refractivity contribution in [2.24, 2.45) is 0 Å². The molecule has 0 radical (unpaired) electrons. The van der Waals surface area contributed by atoms with Crippen LogP contribution in [0, 0.1) is 0 Å². The van der Waals surface area contributed by atoms with Crippen molar-refractivity contribution in [3.8, 4) is 22.5 Å². The fourth-order valence-corrected chi connectivity index (χ4v) is 13.9. The molecule has 0 atom stereocenters. The number of para-hydroxylation sites is 3. The summed E-state index contributed by atoms with van der Waals surface area (Å²) < 4.78 is 7.93. The van der Waals surface area contributed by atoms with E-state index in [1.165, 1.54) is 138 Å². The molecule has 14 rings (SSSR count). The lowest BCUT2D eigenvalue weighted by Gasteiger charge is -2.43. The summed E-state index contributed by atoms with van der Waals surface area (Å²) >= 11 is 2.00. The second-order valence-corrected chi connectivity index (χ2v) is 23.0. The Morgan fingerprint density at radius 2 is 1.24 bits per heavy atom. The van der Waals surface area contributed by atoms with Crippen LogP contribution in [0.15, 0.2) is 164 Å². The number of rotatable bonds is 3. The third-order valence-electron chi connectivity index (χ3n) is 16.1. The van der Waals surface area contributed by atoms with Crippen LogP contribution in [0.2, 0.25) is 0 Å². The Balaban J connectivity index is 1.16. The van der Waals surface area contributed by atoms with E-state index in [9.17, 15) is 0 Å². The van der Waals surface area contributed by atoms with Gasteiger partial charge in [-0.2, -0.15) is 0 Å². The van der Waals surface area contributed by atoms with Crippen molar-refractivity contribution in [2.75, 3.05) is 4.90 Å². The highest BCUT2D eigenvalue weighted by Gasteiger charge is 2.46. The lowest BCUT2D eigenvalue weighted by molar-refractivity contribution is 0.332. The maximum Gasteiger partial charge on any atom is 0.264 e. The predicted octanol–water partition coefficient (Wildman–Crippen LogP) is 15.0. The lowest BCUT2D eigenvalue weighted by Crippen LogP contribution is -2.59. The highest BCUT2D eigenvalue weighted by atomic mass is 32.1. The third kappa shape index (κ3) is 5.35. The fraction of sp³-hybridized carbons (Fsp3) is 0.194. The van der Waals surface area contributed by atoms with Gasteiger partial charge in [-0.1, -0.05) is 152 Å². The number of anilines is 3. The van der Waals surface area contributed by atoms with Gasteiger partial charge in [-0.25, -0.2) is 0 Å². The molecule has 67 heavy (non-hydrogen) atoms. The predicted molar refractivity (Wildman–Crippen MR) is 289 cm³/mol. The molecule has 3 aliphatic rings. The van der Waals surface area contributed by atoms with Gasteiger partial charge in [0.25, 0.3) is 6.71 Å². The van der Waals surface area contributed by atoms with Gasteiger partial charge in [-0.15, -0.1) is 11.3 Å². The molecule has 5 heterocycles. The van der Waals surface area contributed by atoms with Gasteiger partial charge in [0.15, 0.2) is 0 Å². The summed E-state index contributed by atoms with van der Waals surface area (Å²) in [6.07, 6.45) is 2.36. The summed E-state index contributed by atoms with van der Waals surface area (Å²) in [6, 6.07) is 62.8. The lowest BCUT2D eigenvalue weighted by atomic mass is 9.36. The van der Waals surface area contributed by atoms with Crippen LogP contribution in [-0.2, 0) is 16.2 Å². The van der Waals surface area contributed by atoms with E-state index in [0.29, 0.717) is 0 Å². The number of nitrogens with zero attached hydrogens (tertiary/aromatic N) is 3. The van der Waals surface area contributed by atoms with E-state index >= 15 is 0 Å². The van der Waals surface area contributed by atoms with Crippen LogP contribution in [0.1, 0.15) is 78.0 Å². The summed E-state index contributed by atoms with van der Waals surface area (Å²) in [5.41, 5.74) is 21.1. The Labute approximate surface area is 397 Å². The molecule has 1 aliphatic carbocycles. The first-order valence-electron chi connectivity index (χ1n) is 24.2. The number of hydrogen-bond donors (Lipinski definition) is 0. The molecule has 0 spiro atoms. The standard InChI is InChI=1S/C62H52BN3S/c1-60(2,3)39-25-30-53-45(35-39)58-59(67-53)63-48-23-16-22-44-54-50(29-27-43-42-21-14-15-24-49(42)64(57(43)54)40-19-12-9-13-20-40)66(56(44)48)52-34-38(37-17-10-8-11-18-37)33-51(55(52)63)65(58)41-26-28-46-47(36-41)62(6,7)32-31-61(46,4)5/h8-30,33-36H,31-32H2,1-7H3. The van der Waals surface area contributed by atoms with Crippen LogP contribution in [0.25, 0.3) is 76.2 Å². The Bertz CT molecular complexity index is 3910. The first kappa shape index (κ1) is 39.4. The SMILES string of the molecule is CC(C)(C)c1ccc2sc3c(c2c1)N(c1ccc2c(c1)C(C)(C)CCC2(C)C)c1cc(-c2ccccc2)cc2c1B3c1cccc3c4c(ccc5c6ccccc6n(-c6ccccc6)c54)n-2c13. The van der Waals surface area contributed by atoms with Crippen LogP contribution >= 0.6 is 11.3 Å². The van der Waals surface area contributed by atoms with Crippen LogP contribution in [-0.4, -0.2) is 15.8 Å².